The first-order chi connectivity index (χ1) is 11.8. The highest BCUT2D eigenvalue weighted by molar-refractivity contribution is 5.30. The van der Waals surface area contributed by atoms with Crippen LogP contribution in [0.2, 0.25) is 0 Å². The molecule has 0 bridgehead atoms. The van der Waals surface area contributed by atoms with Crippen LogP contribution in [0.5, 0.6) is 5.88 Å². The van der Waals surface area contributed by atoms with E-state index in [0.717, 1.165) is 32.0 Å². The van der Waals surface area contributed by atoms with Gasteiger partial charge in [-0.1, -0.05) is 6.42 Å². The van der Waals surface area contributed by atoms with Crippen LogP contribution in [-0.4, -0.2) is 44.9 Å². The van der Waals surface area contributed by atoms with Crippen molar-refractivity contribution < 1.29 is 4.74 Å². The highest BCUT2D eigenvalue weighted by Gasteiger charge is 2.29. The number of hydrogen-bond acceptors (Lipinski definition) is 5. The molecule has 2 aromatic rings. The van der Waals surface area contributed by atoms with E-state index in [9.17, 15) is 4.79 Å². The Morgan fingerprint density at radius 1 is 1.08 bits per heavy atom. The van der Waals surface area contributed by atoms with Crippen LogP contribution < -0.4 is 10.3 Å². The van der Waals surface area contributed by atoms with Gasteiger partial charge in [-0.3, -0.25) is 4.79 Å². The number of pyridine rings is 1. The summed E-state index contributed by atoms with van der Waals surface area (Å²) in [5.74, 6) is 0.616. The lowest BCUT2D eigenvalue weighted by Crippen LogP contribution is -2.46. The number of likely N-dealkylation sites (tertiary alicyclic amines) is 1. The van der Waals surface area contributed by atoms with Crippen molar-refractivity contribution in [3.05, 3.63) is 47.0 Å². The Labute approximate surface area is 141 Å². The molecule has 0 N–H and O–H groups in total. The van der Waals surface area contributed by atoms with Crippen LogP contribution in [0, 0.1) is 0 Å². The zero-order valence-electron chi connectivity index (χ0n) is 13.7. The fourth-order valence-electron chi connectivity index (χ4n) is 3.40. The lowest BCUT2D eigenvalue weighted by atomic mass is 9.90. The van der Waals surface area contributed by atoms with Gasteiger partial charge in [0.05, 0.1) is 11.9 Å². The van der Waals surface area contributed by atoms with Crippen LogP contribution in [0.15, 0.2) is 41.5 Å². The van der Waals surface area contributed by atoms with E-state index in [1.165, 1.54) is 30.0 Å². The van der Waals surface area contributed by atoms with E-state index in [2.05, 4.69) is 15.0 Å². The molecule has 0 unspecified atom stereocenters. The predicted molar refractivity (Wildman–Crippen MR) is 90.5 cm³/mol. The Balaban J connectivity index is 1.36. The molecule has 1 aliphatic carbocycles. The Morgan fingerprint density at radius 3 is 2.54 bits per heavy atom. The molecule has 24 heavy (non-hydrogen) atoms. The van der Waals surface area contributed by atoms with E-state index < -0.39 is 0 Å². The molecule has 1 aliphatic heterocycles. The number of nitrogens with zero attached hydrogens (tertiary/aromatic N) is 4. The normalized spacial score (nSPS) is 19.8. The molecule has 2 aliphatic rings. The van der Waals surface area contributed by atoms with Crippen molar-refractivity contribution in [2.24, 2.45) is 0 Å². The minimum absolute atomic E-state index is 0.170. The smallest absolute Gasteiger partial charge is 0.271 e. The molecule has 0 amide bonds. The maximum atomic E-state index is 11.8. The Morgan fingerprint density at radius 2 is 1.92 bits per heavy atom. The van der Waals surface area contributed by atoms with Gasteiger partial charge in [-0.25, -0.2) is 4.98 Å². The summed E-state index contributed by atoms with van der Waals surface area (Å²) in [6, 6.07) is 7.56. The molecular formula is C18H22N4O2. The summed E-state index contributed by atoms with van der Waals surface area (Å²) in [6.45, 7) is 2.24. The van der Waals surface area contributed by atoms with Crippen LogP contribution in [0.1, 0.15) is 32.1 Å². The van der Waals surface area contributed by atoms with E-state index >= 15 is 0 Å². The van der Waals surface area contributed by atoms with Crippen molar-refractivity contribution in [3.8, 4) is 11.6 Å². The first-order valence-corrected chi connectivity index (χ1v) is 8.71. The van der Waals surface area contributed by atoms with Crippen LogP contribution in [0.4, 0.5) is 0 Å². The Hall–Kier alpha value is -2.21. The van der Waals surface area contributed by atoms with Gasteiger partial charge < -0.3 is 9.64 Å². The average molecular weight is 326 g/mol. The van der Waals surface area contributed by atoms with Crippen LogP contribution in [0.25, 0.3) is 5.69 Å². The SMILES string of the molecule is O=c1cccnn1-c1ccc(OC2CCN(C3CCC3)CC2)nc1. The molecule has 1 saturated carbocycles. The summed E-state index contributed by atoms with van der Waals surface area (Å²) < 4.78 is 7.34. The fraction of sp³-hybridized carbons (Fsp3) is 0.500. The standard InChI is InChI=1S/C18H22N4O2/c23-18-5-2-10-20-22(18)15-6-7-17(19-13-15)24-16-8-11-21(12-9-16)14-3-1-4-14/h2,5-7,10,13-14,16H,1,3-4,8-9,11-12H2. The first-order valence-electron chi connectivity index (χ1n) is 8.71. The van der Waals surface area contributed by atoms with Crippen molar-refractivity contribution in [1.29, 1.82) is 0 Å². The van der Waals surface area contributed by atoms with Gasteiger partial charge in [0.25, 0.3) is 5.56 Å². The lowest BCUT2D eigenvalue weighted by Gasteiger charge is -2.41. The number of aromatic nitrogens is 3. The van der Waals surface area contributed by atoms with Gasteiger partial charge in [0.2, 0.25) is 5.88 Å². The van der Waals surface area contributed by atoms with E-state index in [1.54, 1.807) is 18.5 Å². The minimum atomic E-state index is -0.170. The summed E-state index contributed by atoms with van der Waals surface area (Å²) in [5, 5.41) is 4.05. The Kier molecular flexibility index (Phi) is 4.30. The molecular weight excluding hydrogens is 304 g/mol. The third-order valence-corrected chi connectivity index (χ3v) is 5.04. The molecule has 1 saturated heterocycles. The number of piperidine rings is 1. The van der Waals surface area contributed by atoms with Gasteiger partial charge in [-0.2, -0.15) is 9.78 Å². The van der Waals surface area contributed by atoms with Gasteiger partial charge in [-0.05, 0) is 37.8 Å². The molecule has 0 radical (unpaired) electrons. The van der Waals surface area contributed by atoms with Crippen LogP contribution >= 0.6 is 0 Å². The summed E-state index contributed by atoms with van der Waals surface area (Å²) in [6.07, 6.45) is 9.67. The third-order valence-electron chi connectivity index (χ3n) is 5.04. The summed E-state index contributed by atoms with van der Waals surface area (Å²) in [7, 11) is 0. The molecule has 3 heterocycles. The monoisotopic (exact) mass is 326 g/mol. The van der Waals surface area contributed by atoms with Crippen LogP contribution in [-0.2, 0) is 0 Å². The number of rotatable bonds is 4. The second kappa shape index (κ2) is 6.73. The fourth-order valence-corrected chi connectivity index (χ4v) is 3.40. The maximum Gasteiger partial charge on any atom is 0.271 e. The maximum absolute atomic E-state index is 11.8. The van der Waals surface area contributed by atoms with E-state index in [1.807, 2.05) is 12.1 Å². The largest absolute Gasteiger partial charge is 0.474 e. The second-order valence-electron chi connectivity index (χ2n) is 6.57. The van der Waals surface area contributed by atoms with E-state index in [4.69, 9.17) is 4.74 Å². The molecule has 2 fully saturated rings. The highest BCUT2D eigenvalue weighted by Crippen LogP contribution is 2.28. The first kappa shape index (κ1) is 15.3. The zero-order chi connectivity index (χ0) is 16.4. The van der Waals surface area contributed by atoms with Gasteiger partial charge >= 0.3 is 0 Å². The molecule has 6 heteroatoms. The van der Waals surface area contributed by atoms with Crippen molar-refractivity contribution in [1.82, 2.24) is 19.7 Å². The van der Waals surface area contributed by atoms with Crippen molar-refractivity contribution in [2.45, 2.75) is 44.2 Å². The van der Waals surface area contributed by atoms with Crippen molar-refractivity contribution in [3.63, 3.8) is 0 Å². The third kappa shape index (κ3) is 3.19. The summed E-state index contributed by atoms with van der Waals surface area (Å²) in [4.78, 5) is 18.7. The average Bonchev–Trinajstić information content (AvgIpc) is 2.56. The highest BCUT2D eigenvalue weighted by atomic mass is 16.5. The zero-order valence-corrected chi connectivity index (χ0v) is 13.7. The van der Waals surface area contributed by atoms with Crippen molar-refractivity contribution in [2.75, 3.05) is 13.1 Å². The number of ether oxygens (including phenoxy) is 1. The molecule has 0 atom stereocenters. The molecule has 6 nitrogen and oxygen atoms in total. The molecule has 0 spiro atoms. The Bertz CT molecular complexity index is 731. The van der Waals surface area contributed by atoms with Crippen molar-refractivity contribution >= 4 is 0 Å². The molecule has 0 aromatic carbocycles. The minimum Gasteiger partial charge on any atom is -0.474 e. The quantitative estimate of drug-likeness (QED) is 0.860. The van der Waals surface area contributed by atoms with Gasteiger partial charge in [-0.15, -0.1) is 0 Å². The molecule has 4 rings (SSSR count). The van der Waals surface area contributed by atoms with E-state index in [0.29, 0.717) is 11.6 Å². The predicted octanol–water partition coefficient (Wildman–Crippen LogP) is 2.02. The summed E-state index contributed by atoms with van der Waals surface area (Å²) in [5.41, 5.74) is 0.476. The summed E-state index contributed by atoms with van der Waals surface area (Å²) >= 11 is 0. The molecule has 126 valence electrons. The van der Waals surface area contributed by atoms with Gasteiger partial charge in [0.15, 0.2) is 0 Å². The van der Waals surface area contributed by atoms with E-state index in [-0.39, 0.29) is 11.7 Å². The topological polar surface area (TPSA) is 60.3 Å². The lowest BCUT2D eigenvalue weighted by molar-refractivity contribution is 0.0475. The van der Waals surface area contributed by atoms with Gasteiger partial charge in [0, 0.05) is 37.5 Å². The molecule has 2 aromatic heterocycles. The van der Waals surface area contributed by atoms with Gasteiger partial charge in [0.1, 0.15) is 6.10 Å². The second-order valence-corrected chi connectivity index (χ2v) is 6.57. The number of hydrogen-bond donors (Lipinski definition) is 0. The van der Waals surface area contributed by atoms with Crippen LogP contribution in [0.3, 0.4) is 0 Å².